The van der Waals surface area contributed by atoms with Crippen molar-refractivity contribution >= 4 is 24.0 Å². The molecule has 1 aliphatic carbocycles. The summed E-state index contributed by atoms with van der Waals surface area (Å²) in [5.41, 5.74) is 2.03. The minimum Gasteiger partial charge on any atom is -0.744 e. The van der Waals surface area contributed by atoms with Crippen molar-refractivity contribution < 1.29 is 57.5 Å². The zero-order valence-corrected chi connectivity index (χ0v) is 20.8. The van der Waals surface area contributed by atoms with E-state index < -0.39 is 10.1 Å². The van der Waals surface area contributed by atoms with E-state index in [1.165, 1.54) is 58.5 Å². The topological polar surface area (TPSA) is 107 Å². The fraction of sp³-hybridized carbons (Fsp3) is 0.400. The number of ether oxygens (including phenoxy) is 2. The van der Waals surface area contributed by atoms with Crippen LogP contribution in [0, 0.1) is 0 Å². The van der Waals surface area contributed by atoms with Crippen LogP contribution in [0.1, 0.15) is 32.1 Å². The molecule has 1 unspecified atom stereocenters. The summed E-state index contributed by atoms with van der Waals surface area (Å²) in [6, 6.07) is 10.7. The van der Waals surface area contributed by atoms with Crippen molar-refractivity contribution in [1.29, 1.82) is 0 Å². The fourth-order valence-electron chi connectivity index (χ4n) is 3.66. The summed E-state index contributed by atoms with van der Waals surface area (Å²) in [5.74, 6) is 0.533. The Morgan fingerprint density at radius 1 is 1.00 bits per heavy atom. The van der Waals surface area contributed by atoms with E-state index in [4.69, 9.17) is 9.47 Å². The van der Waals surface area contributed by atoms with Gasteiger partial charge in [0.1, 0.15) is 21.6 Å². The molecule has 0 heterocycles. The Hall–Kier alpha value is -0.660. The Labute approximate surface area is 196 Å². The largest absolute Gasteiger partial charge is 1.00 e. The Bertz CT molecular complexity index is 913. The zero-order chi connectivity index (χ0) is 19.4. The molecule has 0 amide bonds. The molecule has 0 radical (unpaired) electrons. The van der Waals surface area contributed by atoms with Gasteiger partial charge in [0, 0.05) is 0 Å². The number of benzene rings is 2. The average Bonchev–Trinajstić information content (AvgIpc) is 2.67. The number of rotatable bonds is 6. The second kappa shape index (κ2) is 11.7. The summed E-state index contributed by atoms with van der Waals surface area (Å²) in [6.07, 6.45) is 6.26. The van der Waals surface area contributed by atoms with Gasteiger partial charge in [-0.25, -0.2) is 8.42 Å². The quantitative estimate of drug-likeness (QED) is 0.354. The molecule has 1 fully saturated rings. The van der Waals surface area contributed by atoms with Gasteiger partial charge in [-0.2, -0.15) is 0 Å². The maximum absolute atomic E-state index is 11.7. The minimum atomic E-state index is -4.67. The van der Waals surface area contributed by atoms with Crippen LogP contribution in [0.4, 0.5) is 0 Å². The van der Waals surface area contributed by atoms with Crippen LogP contribution in [0.5, 0.6) is 11.5 Å². The summed E-state index contributed by atoms with van der Waals surface area (Å²) in [6.45, 7) is 0. The number of hydrogen-bond donors (Lipinski definition) is 0. The van der Waals surface area contributed by atoms with Gasteiger partial charge in [-0.05, 0) is 41.5 Å². The first-order valence-corrected chi connectivity index (χ1v) is 11.5. The van der Waals surface area contributed by atoms with Crippen LogP contribution in [0.15, 0.2) is 41.3 Å². The monoisotopic (exact) mass is 448 g/mol. The van der Waals surface area contributed by atoms with Gasteiger partial charge in [0.15, 0.2) is 0 Å². The zero-order valence-electron chi connectivity index (χ0n) is 17.0. The van der Waals surface area contributed by atoms with Gasteiger partial charge in [-0.15, -0.1) is 0 Å². The van der Waals surface area contributed by atoms with Crippen LogP contribution >= 0.6 is 8.58 Å². The van der Waals surface area contributed by atoms with E-state index in [0.717, 1.165) is 10.9 Å². The molecule has 0 spiro atoms. The summed E-state index contributed by atoms with van der Waals surface area (Å²) in [7, 11) is -1.15. The molecule has 0 bridgehead atoms. The first-order chi connectivity index (χ1) is 13.0. The van der Waals surface area contributed by atoms with Crippen molar-refractivity contribution in [3.05, 3.63) is 36.4 Å². The van der Waals surface area contributed by atoms with Crippen LogP contribution in [0.2, 0.25) is 0 Å². The molecule has 3 rings (SSSR count). The molecule has 0 aromatic heterocycles. The van der Waals surface area contributed by atoms with Crippen LogP contribution in [0.3, 0.4) is 0 Å². The van der Waals surface area contributed by atoms with E-state index in [9.17, 15) is 13.0 Å². The predicted molar refractivity (Wildman–Crippen MR) is 111 cm³/mol. The number of hydrogen-bond acceptors (Lipinski definition) is 5. The van der Waals surface area contributed by atoms with Crippen molar-refractivity contribution in [2.24, 2.45) is 0 Å². The van der Waals surface area contributed by atoms with Crippen molar-refractivity contribution in [3.63, 3.8) is 0 Å². The van der Waals surface area contributed by atoms with Gasteiger partial charge in [0.05, 0.1) is 24.7 Å². The molecule has 1 saturated carbocycles. The van der Waals surface area contributed by atoms with E-state index in [1.807, 2.05) is 18.2 Å². The standard InChI is InChI=1S/C20H25O5PS.Na.H2O/c1-24-16-12-13-18(27(21,22)23)20(25-2)19(16)15-10-6-7-11-17(15)26-14-8-4-3-5-9-14;;/h6-7,10-14,26H,3-5,8-9H2,1-2H3,(H,21,22,23);;1H2/q;+1;/p-1. The van der Waals surface area contributed by atoms with Crippen molar-refractivity contribution in [2.75, 3.05) is 14.2 Å². The molecule has 6 nitrogen and oxygen atoms in total. The average molecular weight is 448 g/mol. The molecular weight excluding hydrogens is 422 g/mol. The SMILES string of the molecule is COc1ccc(S(=O)(=O)[O-])c(OC)c1-c1ccccc1PC1CCCCC1.O.[Na+]. The van der Waals surface area contributed by atoms with Gasteiger partial charge >= 0.3 is 29.6 Å². The molecule has 154 valence electrons. The molecule has 0 saturated heterocycles. The third-order valence-corrected chi connectivity index (χ3v) is 7.53. The van der Waals surface area contributed by atoms with Gasteiger partial charge in [-0.3, -0.25) is 0 Å². The van der Waals surface area contributed by atoms with E-state index in [2.05, 4.69) is 6.07 Å². The summed E-state index contributed by atoms with van der Waals surface area (Å²) in [5, 5.41) is 1.14. The molecule has 2 N–H and O–H groups in total. The van der Waals surface area contributed by atoms with Gasteiger partial charge in [0.25, 0.3) is 0 Å². The molecule has 1 atom stereocenters. The molecule has 2 aromatic rings. The Morgan fingerprint density at radius 3 is 2.24 bits per heavy atom. The third-order valence-electron chi connectivity index (χ3n) is 4.94. The van der Waals surface area contributed by atoms with E-state index in [1.54, 1.807) is 0 Å². The predicted octanol–water partition coefficient (Wildman–Crippen LogP) is 0.0907. The Morgan fingerprint density at radius 2 is 1.66 bits per heavy atom. The van der Waals surface area contributed by atoms with E-state index in [0.29, 0.717) is 25.6 Å². The summed E-state index contributed by atoms with van der Waals surface area (Å²) < 4.78 is 46.0. The van der Waals surface area contributed by atoms with Crippen LogP contribution in [0.25, 0.3) is 11.1 Å². The molecule has 1 aliphatic rings. The minimum absolute atomic E-state index is 0. The Kier molecular flexibility index (Phi) is 10.6. The molecular formula is C20H26NaO6PS. The molecule has 29 heavy (non-hydrogen) atoms. The van der Waals surface area contributed by atoms with Crippen LogP contribution < -0.4 is 44.3 Å². The van der Waals surface area contributed by atoms with Gasteiger partial charge in [-0.1, -0.05) is 52.1 Å². The second-order valence-corrected chi connectivity index (χ2v) is 9.65. The maximum Gasteiger partial charge on any atom is 1.00 e. The third kappa shape index (κ3) is 6.17. The molecule has 0 aliphatic heterocycles. The first kappa shape index (κ1) is 26.4. The first-order valence-electron chi connectivity index (χ1n) is 9.02. The normalized spacial score (nSPS) is 14.9. The van der Waals surface area contributed by atoms with Crippen LogP contribution in [-0.4, -0.2) is 38.3 Å². The smallest absolute Gasteiger partial charge is 0.744 e. The van der Waals surface area contributed by atoms with Crippen molar-refractivity contribution in [2.45, 2.75) is 42.7 Å². The summed E-state index contributed by atoms with van der Waals surface area (Å²) in [4.78, 5) is -0.364. The maximum atomic E-state index is 11.7. The number of methoxy groups -OCH3 is 2. The fourth-order valence-corrected chi connectivity index (χ4v) is 6.00. The van der Waals surface area contributed by atoms with Crippen molar-refractivity contribution in [1.82, 2.24) is 0 Å². The van der Waals surface area contributed by atoms with E-state index >= 15 is 0 Å². The molecule has 9 heteroatoms. The summed E-state index contributed by atoms with van der Waals surface area (Å²) >= 11 is 0. The molecule has 2 aromatic carbocycles. The Balaban J connectivity index is 0.00000210. The van der Waals surface area contributed by atoms with Gasteiger partial charge < -0.3 is 19.5 Å². The van der Waals surface area contributed by atoms with E-state index in [-0.39, 0.29) is 45.7 Å². The second-order valence-electron chi connectivity index (χ2n) is 6.65. The van der Waals surface area contributed by atoms with Crippen LogP contribution in [-0.2, 0) is 10.1 Å². The van der Waals surface area contributed by atoms with Crippen molar-refractivity contribution in [3.8, 4) is 22.6 Å². The van der Waals surface area contributed by atoms with Gasteiger partial charge in [0.2, 0.25) is 0 Å².